The number of rotatable bonds is 3. The molecule has 0 spiro atoms. The number of aryl methyl sites for hydroxylation is 1. The van der Waals surface area contributed by atoms with Gasteiger partial charge in [0.25, 0.3) is 0 Å². The molecule has 1 saturated heterocycles. The Bertz CT molecular complexity index is 515. The molecule has 1 amide bonds. The maximum Gasteiger partial charge on any atom is 0.241 e. The van der Waals surface area contributed by atoms with Crippen LogP contribution < -0.4 is 15.4 Å². The predicted molar refractivity (Wildman–Crippen MR) is 79.0 cm³/mol. The van der Waals surface area contributed by atoms with Crippen LogP contribution in [0, 0.1) is 18.8 Å². The molecule has 1 saturated carbocycles. The Morgan fingerprint density at radius 2 is 2.25 bits per heavy atom. The van der Waals surface area contributed by atoms with Gasteiger partial charge >= 0.3 is 0 Å². The van der Waals surface area contributed by atoms with Crippen LogP contribution in [0.4, 0.5) is 5.69 Å². The number of ether oxygens (including phenoxy) is 1. The summed E-state index contributed by atoms with van der Waals surface area (Å²) in [4.78, 5) is 12.5. The molecule has 2 fully saturated rings. The molecule has 1 aliphatic heterocycles. The van der Waals surface area contributed by atoms with E-state index >= 15 is 0 Å². The third-order valence-corrected chi connectivity index (χ3v) is 4.64. The molecule has 108 valence electrons. The Hall–Kier alpha value is -1.55. The largest absolute Gasteiger partial charge is 0.495 e. The van der Waals surface area contributed by atoms with Crippen molar-refractivity contribution in [1.82, 2.24) is 5.32 Å². The zero-order chi connectivity index (χ0) is 14.1. The fourth-order valence-corrected chi connectivity index (χ4v) is 3.60. The van der Waals surface area contributed by atoms with E-state index in [1.54, 1.807) is 7.11 Å². The minimum Gasteiger partial charge on any atom is -0.495 e. The van der Waals surface area contributed by atoms with Gasteiger partial charge in [0.15, 0.2) is 0 Å². The maximum atomic E-state index is 12.5. The molecule has 2 aliphatic rings. The van der Waals surface area contributed by atoms with Gasteiger partial charge < -0.3 is 15.4 Å². The standard InChI is InChI=1S/C16H22N2O2/c1-10-6-7-14(20-2)13(8-10)18-16(19)15-12-5-3-4-11(12)9-17-15/h6-8,11-12,15,17H,3-5,9H2,1-2H3,(H,18,19). The van der Waals surface area contributed by atoms with E-state index in [1.807, 2.05) is 25.1 Å². The molecule has 0 bridgehead atoms. The van der Waals surface area contributed by atoms with Crippen LogP contribution in [0.15, 0.2) is 18.2 Å². The van der Waals surface area contributed by atoms with Crippen molar-refractivity contribution in [2.24, 2.45) is 11.8 Å². The summed E-state index contributed by atoms with van der Waals surface area (Å²) in [6, 6.07) is 5.78. The first kappa shape index (κ1) is 13.4. The second-order valence-corrected chi connectivity index (χ2v) is 5.93. The molecule has 2 N–H and O–H groups in total. The van der Waals surface area contributed by atoms with Crippen LogP contribution >= 0.6 is 0 Å². The SMILES string of the molecule is COc1ccc(C)cc1NC(=O)C1NCC2CCCC21. The molecule has 4 nitrogen and oxygen atoms in total. The number of benzene rings is 1. The number of amides is 1. The third kappa shape index (κ3) is 2.40. The highest BCUT2D eigenvalue weighted by atomic mass is 16.5. The fourth-order valence-electron chi connectivity index (χ4n) is 3.60. The van der Waals surface area contributed by atoms with Crippen LogP contribution in [0.1, 0.15) is 24.8 Å². The van der Waals surface area contributed by atoms with Gasteiger partial charge in [-0.1, -0.05) is 12.5 Å². The molecule has 1 aliphatic carbocycles. The van der Waals surface area contributed by atoms with Gasteiger partial charge in [-0.25, -0.2) is 0 Å². The van der Waals surface area contributed by atoms with Gasteiger partial charge in [0.1, 0.15) is 5.75 Å². The van der Waals surface area contributed by atoms with Crippen molar-refractivity contribution in [3.63, 3.8) is 0 Å². The lowest BCUT2D eigenvalue weighted by Gasteiger charge is -2.19. The van der Waals surface area contributed by atoms with Crippen molar-refractivity contribution in [2.75, 3.05) is 19.0 Å². The average molecular weight is 274 g/mol. The van der Waals surface area contributed by atoms with Crippen molar-refractivity contribution in [2.45, 2.75) is 32.2 Å². The molecule has 1 heterocycles. The highest BCUT2D eigenvalue weighted by Gasteiger charge is 2.42. The van der Waals surface area contributed by atoms with E-state index in [4.69, 9.17) is 4.74 Å². The van der Waals surface area contributed by atoms with Gasteiger partial charge in [0.05, 0.1) is 18.8 Å². The second kappa shape index (κ2) is 5.44. The lowest BCUT2D eigenvalue weighted by Crippen LogP contribution is -2.39. The summed E-state index contributed by atoms with van der Waals surface area (Å²) in [5.74, 6) is 1.98. The molecular weight excluding hydrogens is 252 g/mol. The van der Waals surface area contributed by atoms with E-state index in [2.05, 4.69) is 10.6 Å². The molecule has 1 aromatic carbocycles. The number of nitrogens with one attached hydrogen (secondary N) is 2. The minimum atomic E-state index is -0.0484. The number of hydrogen-bond donors (Lipinski definition) is 2. The summed E-state index contributed by atoms with van der Waals surface area (Å²) >= 11 is 0. The first-order valence-corrected chi connectivity index (χ1v) is 7.38. The zero-order valence-electron chi connectivity index (χ0n) is 12.1. The normalized spacial score (nSPS) is 28.2. The van der Waals surface area contributed by atoms with Crippen LogP contribution in [-0.2, 0) is 4.79 Å². The molecule has 0 radical (unpaired) electrons. The molecule has 1 aromatic rings. The first-order chi connectivity index (χ1) is 9.69. The smallest absolute Gasteiger partial charge is 0.241 e. The van der Waals surface area contributed by atoms with E-state index in [0.717, 1.165) is 17.8 Å². The number of hydrogen-bond acceptors (Lipinski definition) is 3. The van der Waals surface area contributed by atoms with E-state index in [0.29, 0.717) is 17.6 Å². The van der Waals surface area contributed by atoms with Crippen LogP contribution in [-0.4, -0.2) is 25.6 Å². The van der Waals surface area contributed by atoms with Gasteiger partial charge in [-0.2, -0.15) is 0 Å². The van der Waals surface area contributed by atoms with Crippen LogP contribution in [0.3, 0.4) is 0 Å². The Morgan fingerprint density at radius 1 is 1.40 bits per heavy atom. The van der Waals surface area contributed by atoms with Crippen molar-refractivity contribution in [3.8, 4) is 5.75 Å². The monoisotopic (exact) mass is 274 g/mol. The lowest BCUT2D eigenvalue weighted by molar-refractivity contribution is -0.118. The third-order valence-electron chi connectivity index (χ3n) is 4.64. The van der Waals surface area contributed by atoms with Crippen molar-refractivity contribution in [1.29, 1.82) is 0 Å². The van der Waals surface area contributed by atoms with E-state index < -0.39 is 0 Å². The second-order valence-electron chi connectivity index (χ2n) is 5.93. The molecule has 20 heavy (non-hydrogen) atoms. The number of carbonyl (C=O) groups excluding carboxylic acids is 1. The summed E-state index contributed by atoms with van der Waals surface area (Å²) in [6.07, 6.45) is 3.68. The van der Waals surface area contributed by atoms with Gasteiger partial charge in [0.2, 0.25) is 5.91 Å². The highest BCUT2D eigenvalue weighted by molar-refractivity contribution is 5.96. The summed E-state index contributed by atoms with van der Waals surface area (Å²) in [5, 5.41) is 6.41. The van der Waals surface area contributed by atoms with Crippen molar-refractivity contribution >= 4 is 11.6 Å². The number of anilines is 1. The van der Waals surface area contributed by atoms with Gasteiger partial charge in [-0.05, 0) is 55.8 Å². The Labute approximate surface area is 119 Å². The molecule has 3 unspecified atom stereocenters. The summed E-state index contributed by atoms with van der Waals surface area (Å²) in [5.41, 5.74) is 1.87. The maximum absolute atomic E-state index is 12.5. The summed E-state index contributed by atoms with van der Waals surface area (Å²) < 4.78 is 5.32. The molecule has 0 aromatic heterocycles. The molecule has 3 atom stereocenters. The van der Waals surface area contributed by atoms with Crippen LogP contribution in [0.2, 0.25) is 0 Å². The summed E-state index contributed by atoms with van der Waals surface area (Å²) in [6.45, 7) is 2.99. The Balaban J connectivity index is 1.74. The van der Waals surface area contributed by atoms with Gasteiger partial charge in [-0.3, -0.25) is 4.79 Å². The zero-order valence-corrected chi connectivity index (χ0v) is 12.1. The lowest BCUT2D eigenvalue weighted by atomic mass is 9.93. The molecular formula is C16H22N2O2. The van der Waals surface area contributed by atoms with E-state index in [9.17, 15) is 4.79 Å². The number of carbonyl (C=O) groups is 1. The Kier molecular flexibility index (Phi) is 3.66. The molecule has 4 heteroatoms. The fraction of sp³-hybridized carbons (Fsp3) is 0.562. The topological polar surface area (TPSA) is 50.4 Å². The van der Waals surface area contributed by atoms with Gasteiger partial charge in [0, 0.05) is 0 Å². The van der Waals surface area contributed by atoms with Gasteiger partial charge in [-0.15, -0.1) is 0 Å². The predicted octanol–water partition coefficient (Wildman–Crippen LogP) is 2.33. The number of fused-ring (bicyclic) bond motifs is 1. The van der Waals surface area contributed by atoms with Crippen molar-refractivity contribution < 1.29 is 9.53 Å². The van der Waals surface area contributed by atoms with E-state index in [-0.39, 0.29) is 11.9 Å². The molecule has 3 rings (SSSR count). The van der Waals surface area contributed by atoms with Crippen LogP contribution in [0.5, 0.6) is 5.75 Å². The highest BCUT2D eigenvalue weighted by Crippen LogP contribution is 2.38. The quantitative estimate of drug-likeness (QED) is 0.889. The number of methoxy groups -OCH3 is 1. The minimum absolute atomic E-state index is 0.0484. The summed E-state index contributed by atoms with van der Waals surface area (Å²) in [7, 11) is 1.63. The van der Waals surface area contributed by atoms with Crippen LogP contribution in [0.25, 0.3) is 0 Å². The van der Waals surface area contributed by atoms with Crippen molar-refractivity contribution in [3.05, 3.63) is 23.8 Å². The van der Waals surface area contributed by atoms with E-state index in [1.165, 1.54) is 19.3 Å². The Morgan fingerprint density at radius 3 is 3.05 bits per heavy atom. The average Bonchev–Trinajstić information content (AvgIpc) is 3.01. The first-order valence-electron chi connectivity index (χ1n) is 7.38.